The van der Waals surface area contributed by atoms with Crippen molar-refractivity contribution in [2.75, 3.05) is 13.6 Å². The Bertz CT molecular complexity index is 644. The smallest absolute Gasteiger partial charge is 0.416 e. The summed E-state index contributed by atoms with van der Waals surface area (Å²) in [6.07, 6.45) is -5.95. The van der Waals surface area contributed by atoms with Crippen LogP contribution in [0.25, 0.3) is 0 Å². The van der Waals surface area contributed by atoms with Gasteiger partial charge in [0.25, 0.3) is 0 Å². The van der Waals surface area contributed by atoms with Gasteiger partial charge in [-0.1, -0.05) is 30.3 Å². The maximum Gasteiger partial charge on any atom is 0.416 e. The van der Waals surface area contributed by atoms with E-state index < -0.39 is 30.9 Å². The summed E-state index contributed by atoms with van der Waals surface area (Å²) in [5.41, 5.74) is 0.713. The van der Waals surface area contributed by atoms with Crippen LogP contribution >= 0.6 is 0 Å². The van der Waals surface area contributed by atoms with Gasteiger partial charge in [-0.05, 0) is 17.7 Å². The van der Waals surface area contributed by atoms with E-state index in [9.17, 15) is 18.0 Å². The molecule has 24 heavy (non-hydrogen) atoms. The first kappa shape index (κ1) is 17.9. The molecule has 2 aromatic rings. The number of benzene rings is 1. The lowest BCUT2D eigenvalue weighted by molar-refractivity contribution is -0.205. The number of alkyl halides is 3. The third-order valence-corrected chi connectivity index (χ3v) is 3.40. The molecule has 0 saturated heterocycles. The fraction of sp³-hybridized carbons (Fsp3) is 0.312. The number of carbonyl (C=O) groups is 1. The molecule has 0 spiro atoms. The predicted molar refractivity (Wildman–Crippen MR) is 80.2 cm³/mol. The zero-order valence-corrected chi connectivity index (χ0v) is 12.8. The second-order valence-electron chi connectivity index (χ2n) is 5.25. The third-order valence-electron chi connectivity index (χ3n) is 3.40. The molecule has 1 aromatic heterocycles. The number of hydrogen-bond acceptors (Lipinski definition) is 3. The summed E-state index contributed by atoms with van der Waals surface area (Å²) in [7, 11) is 1.18. The van der Waals surface area contributed by atoms with Gasteiger partial charge in [0.05, 0.1) is 12.8 Å². The van der Waals surface area contributed by atoms with Crippen LogP contribution in [-0.2, 0) is 0 Å². The van der Waals surface area contributed by atoms with Gasteiger partial charge in [0.2, 0.25) is 0 Å². The number of amides is 2. The average molecular weight is 342 g/mol. The molecule has 0 saturated carbocycles. The van der Waals surface area contributed by atoms with Crippen LogP contribution in [-0.4, -0.2) is 41.9 Å². The molecule has 1 aromatic carbocycles. The Kier molecular flexibility index (Phi) is 5.50. The van der Waals surface area contributed by atoms with E-state index in [1.54, 1.807) is 42.5 Å². The van der Waals surface area contributed by atoms with Crippen LogP contribution in [0.4, 0.5) is 18.0 Å². The van der Waals surface area contributed by atoms with Crippen LogP contribution in [0.15, 0.2) is 53.1 Å². The maximum absolute atomic E-state index is 12.4. The Labute approximate surface area is 136 Å². The lowest BCUT2D eigenvalue weighted by Gasteiger charge is -2.25. The number of halogens is 3. The van der Waals surface area contributed by atoms with E-state index in [1.807, 2.05) is 0 Å². The minimum atomic E-state index is -4.78. The zero-order valence-electron chi connectivity index (χ0n) is 12.8. The Morgan fingerprint density at radius 2 is 1.92 bits per heavy atom. The maximum atomic E-state index is 12.4. The predicted octanol–water partition coefficient (Wildman–Crippen LogP) is 2.93. The quantitative estimate of drug-likeness (QED) is 0.878. The first-order valence-electron chi connectivity index (χ1n) is 7.14. The highest BCUT2D eigenvalue weighted by Crippen LogP contribution is 2.23. The summed E-state index contributed by atoms with van der Waals surface area (Å²) in [4.78, 5) is 13.0. The second-order valence-corrected chi connectivity index (χ2v) is 5.25. The average Bonchev–Trinajstić information content (AvgIpc) is 3.06. The first-order valence-corrected chi connectivity index (χ1v) is 7.14. The molecule has 0 aliphatic carbocycles. The van der Waals surface area contributed by atoms with Crippen LogP contribution < -0.4 is 5.32 Å². The fourth-order valence-corrected chi connectivity index (χ4v) is 2.10. The van der Waals surface area contributed by atoms with E-state index in [-0.39, 0.29) is 0 Å². The molecular weight excluding hydrogens is 325 g/mol. The Balaban J connectivity index is 2.11. The molecule has 2 atom stereocenters. The molecule has 5 nitrogen and oxygen atoms in total. The summed E-state index contributed by atoms with van der Waals surface area (Å²) >= 11 is 0. The molecule has 2 N–H and O–H groups in total. The minimum absolute atomic E-state index is 0.444. The normalized spacial score (nSPS) is 14.0. The highest BCUT2D eigenvalue weighted by Gasteiger charge is 2.39. The van der Waals surface area contributed by atoms with Gasteiger partial charge < -0.3 is 19.7 Å². The Morgan fingerprint density at radius 3 is 2.46 bits per heavy atom. The molecule has 0 radical (unpaired) electrons. The molecule has 0 aliphatic rings. The van der Waals surface area contributed by atoms with Gasteiger partial charge in [-0.2, -0.15) is 13.2 Å². The van der Waals surface area contributed by atoms with Crippen molar-refractivity contribution in [2.24, 2.45) is 0 Å². The lowest BCUT2D eigenvalue weighted by atomic mass is 10.0. The van der Waals surface area contributed by atoms with E-state index in [2.05, 4.69) is 5.32 Å². The number of rotatable bonds is 5. The second kappa shape index (κ2) is 7.39. The number of carbonyl (C=O) groups excluding carboxylic acids is 1. The number of furan rings is 1. The summed E-state index contributed by atoms with van der Waals surface area (Å²) in [5, 5.41) is 11.7. The van der Waals surface area contributed by atoms with Gasteiger partial charge in [-0.3, -0.25) is 0 Å². The van der Waals surface area contributed by atoms with Crippen molar-refractivity contribution in [1.82, 2.24) is 10.2 Å². The summed E-state index contributed by atoms with van der Waals surface area (Å²) in [6.45, 7) is -0.866. The summed E-state index contributed by atoms with van der Waals surface area (Å²) < 4.78 is 42.5. The summed E-state index contributed by atoms with van der Waals surface area (Å²) in [6, 6.07) is 10.8. The first-order chi connectivity index (χ1) is 11.3. The lowest BCUT2D eigenvalue weighted by Crippen LogP contribution is -2.46. The number of hydrogen-bond donors (Lipinski definition) is 2. The van der Waals surface area contributed by atoms with Crippen molar-refractivity contribution < 1.29 is 27.5 Å². The van der Waals surface area contributed by atoms with E-state index in [0.29, 0.717) is 11.3 Å². The van der Waals surface area contributed by atoms with Gasteiger partial charge in [0.1, 0.15) is 11.8 Å². The molecule has 2 rings (SSSR count). The number of aliphatic hydroxyl groups is 1. The van der Waals surface area contributed by atoms with Crippen LogP contribution in [0, 0.1) is 0 Å². The van der Waals surface area contributed by atoms with Crippen molar-refractivity contribution in [3.8, 4) is 0 Å². The standard InChI is InChI=1S/C16H17F3N2O3/c1-21(10-13(22)16(17,18)19)15(23)20-14(12-8-5-9-24-12)11-6-3-2-4-7-11/h2-9,13-14,22H,10H2,1H3,(H,20,23)/t13-,14-/m0/s1. The molecule has 8 heteroatoms. The van der Waals surface area contributed by atoms with Crippen LogP contribution in [0.3, 0.4) is 0 Å². The van der Waals surface area contributed by atoms with Crippen molar-refractivity contribution >= 4 is 6.03 Å². The number of urea groups is 1. The third kappa shape index (κ3) is 4.51. The molecule has 2 amide bonds. The van der Waals surface area contributed by atoms with Crippen molar-refractivity contribution in [3.63, 3.8) is 0 Å². The Morgan fingerprint density at radius 1 is 1.25 bits per heavy atom. The molecule has 0 aliphatic heterocycles. The van der Waals surface area contributed by atoms with Gasteiger partial charge in [0, 0.05) is 7.05 Å². The summed E-state index contributed by atoms with van der Waals surface area (Å²) in [5.74, 6) is 0.444. The molecular formula is C16H17F3N2O3. The van der Waals surface area contributed by atoms with Crippen molar-refractivity contribution in [3.05, 3.63) is 60.1 Å². The number of nitrogens with zero attached hydrogens (tertiary/aromatic N) is 1. The SMILES string of the molecule is CN(C[C@H](O)C(F)(F)F)C(=O)N[C@@H](c1ccccc1)c1ccco1. The largest absolute Gasteiger partial charge is 0.467 e. The molecule has 1 heterocycles. The van der Waals surface area contributed by atoms with E-state index >= 15 is 0 Å². The van der Waals surface area contributed by atoms with E-state index in [1.165, 1.54) is 13.3 Å². The highest BCUT2D eigenvalue weighted by molar-refractivity contribution is 5.75. The number of likely N-dealkylation sites (N-methyl/N-ethyl adjacent to an activating group) is 1. The van der Waals surface area contributed by atoms with Gasteiger partial charge in [-0.25, -0.2) is 4.79 Å². The zero-order chi connectivity index (χ0) is 17.7. The van der Waals surface area contributed by atoms with Crippen LogP contribution in [0.1, 0.15) is 17.4 Å². The van der Waals surface area contributed by atoms with Gasteiger partial charge >= 0.3 is 12.2 Å². The highest BCUT2D eigenvalue weighted by atomic mass is 19.4. The molecule has 130 valence electrons. The number of nitrogens with one attached hydrogen (secondary N) is 1. The molecule has 0 fully saturated rings. The van der Waals surface area contributed by atoms with Gasteiger partial charge in [0.15, 0.2) is 6.10 Å². The van der Waals surface area contributed by atoms with Crippen molar-refractivity contribution in [2.45, 2.75) is 18.3 Å². The van der Waals surface area contributed by atoms with Gasteiger partial charge in [-0.15, -0.1) is 0 Å². The van der Waals surface area contributed by atoms with Crippen molar-refractivity contribution in [1.29, 1.82) is 0 Å². The fourth-order valence-electron chi connectivity index (χ4n) is 2.10. The molecule has 0 bridgehead atoms. The topological polar surface area (TPSA) is 65.7 Å². The molecule has 0 unspecified atom stereocenters. The number of aliphatic hydroxyl groups excluding tert-OH is 1. The van der Waals surface area contributed by atoms with Crippen LogP contribution in [0.2, 0.25) is 0 Å². The minimum Gasteiger partial charge on any atom is -0.467 e. The van der Waals surface area contributed by atoms with Crippen LogP contribution in [0.5, 0.6) is 0 Å². The van der Waals surface area contributed by atoms with E-state index in [0.717, 1.165) is 4.90 Å². The van der Waals surface area contributed by atoms with E-state index in [4.69, 9.17) is 9.52 Å². The Hall–Kier alpha value is -2.48. The monoisotopic (exact) mass is 342 g/mol.